The third-order valence-corrected chi connectivity index (χ3v) is 7.35. The highest BCUT2D eigenvalue weighted by molar-refractivity contribution is 5.93. The summed E-state index contributed by atoms with van der Waals surface area (Å²) in [6.45, 7) is 1.08. The Bertz CT molecular complexity index is 1260. The van der Waals surface area contributed by atoms with Crippen LogP contribution in [0.4, 0.5) is 0 Å². The van der Waals surface area contributed by atoms with Crippen molar-refractivity contribution in [3.63, 3.8) is 0 Å². The Morgan fingerprint density at radius 1 is 1.03 bits per heavy atom. The van der Waals surface area contributed by atoms with Crippen molar-refractivity contribution in [2.75, 3.05) is 20.2 Å². The van der Waals surface area contributed by atoms with Gasteiger partial charge in [0.25, 0.3) is 5.91 Å². The van der Waals surface area contributed by atoms with Gasteiger partial charge < -0.3 is 19.4 Å². The number of carbonyl (C=O) groups is 2. The number of rotatable bonds is 5. The zero-order chi connectivity index (χ0) is 24.4. The molecule has 180 valence electrons. The Morgan fingerprint density at radius 2 is 1.74 bits per heavy atom. The molecule has 1 saturated heterocycles. The molecule has 0 radical (unpaired) electrons. The molecule has 2 heterocycles. The van der Waals surface area contributed by atoms with E-state index in [9.17, 15) is 14.4 Å². The fraction of sp³-hybridized carbons (Fsp3) is 0.321. The highest BCUT2D eigenvalue weighted by atomic mass is 16.5. The van der Waals surface area contributed by atoms with Gasteiger partial charge in [0.05, 0.1) is 24.1 Å². The summed E-state index contributed by atoms with van der Waals surface area (Å²) in [5.41, 5.74) is 2.78. The van der Waals surface area contributed by atoms with Crippen LogP contribution in [0.5, 0.6) is 0 Å². The Morgan fingerprint density at radius 3 is 2.43 bits per heavy atom. The van der Waals surface area contributed by atoms with Gasteiger partial charge in [0.15, 0.2) is 0 Å². The first-order valence-electron chi connectivity index (χ1n) is 11.9. The van der Waals surface area contributed by atoms with Crippen LogP contribution >= 0.6 is 0 Å². The van der Waals surface area contributed by atoms with E-state index in [-0.39, 0.29) is 29.4 Å². The van der Waals surface area contributed by atoms with Crippen molar-refractivity contribution in [1.82, 2.24) is 10.2 Å². The molecule has 5 rings (SSSR count). The van der Waals surface area contributed by atoms with Crippen LogP contribution in [0.25, 0.3) is 0 Å². The van der Waals surface area contributed by atoms with Crippen LogP contribution in [0, 0.1) is 0 Å². The van der Waals surface area contributed by atoms with Crippen LogP contribution < -0.4 is 10.9 Å². The molecule has 2 amide bonds. The van der Waals surface area contributed by atoms with Gasteiger partial charge in [-0.05, 0) is 35.6 Å². The Balaban J connectivity index is 1.36. The van der Waals surface area contributed by atoms with Crippen molar-refractivity contribution < 1.29 is 18.7 Å². The molecular formula is C28H28N2O5. The second-order valence-corrected chi connectivity index (χ2v) is 9.24. The molecular weight excluding hydrogens is 444 g/mol. The molecule has 1 fully saturated rings. The number of methoxy groups -OCH3 is 1. The number of likely N-dealkylation sites (tertiary alicyclic amines) is 1. The normalized spacial score (nSPS) is 20.4. The molecule has 0 saturated carbocycles. The minimum atomic E-state index is -0.481. The Labute approximate surface area is 203 Å². The number of nitrogens with one attached hydrogen (secondary N) is 1. The first kappa shape index (κ1) is 23.1. The van der Waals surface area contributed by atoms with E-state index < -0.39 is 5.63 Å². The van der Waals surface area contributed by atoms with E-state index >= 15 is 0 Å². The van der Waals surface area contributed by atoms with Crippen molar-refractivity contribution in [3.8, 4) is 0 Å². The number of carbonyl (C=O) groups excluding carboxylic acids is 2. The molecule has 1 N–H and O–H groups in total. The second kappa shape index (κ2) is 9.50. The number of hydrogen-bond acceptors (Lipinski definition) is 5. The van der Waals surface area contributed by atoms with Gasteiger partial charge in [-0.15, -0.1) is 0 Å². The average Bonchev–Trinajstić information content (AvgIpc) is 3.13. The molecule has 2 aliphatic rings. The number of ether oxygens (including phenoxy) is 1. The predicted octanol–water partition coefficient (Wildman–Crippen LogP) is 3.24. The molecule has 3 aromatic rings. The lowest BCUT2D eigenvalue weighted by molar-refractivity contribution is -0.122. The SMILES string of the molecule is CO[C@H]1[C@H](NC(=O)Cc2ccccc2)c2ccccc2C12CCN(C(=O)c1ccc(=O)oc1)CC2. The van der Waals surface area contributed by atoms with Crippen LogP contribution in [0.15, 0.2) is 82.2 Å². The van der Waals surface area contributed by atoms with E-state index in [1.165, 1.54) is 24.0 Å². The molecule has 2 aromatic carbocycles. The largest absolute Gasteiger partial charge is 0.430 e. The minimum absolute atomic E-state index is 0.0479. The van der Waals surface area contributed by atoms with Crippen molar-refractivity contribution in [2.45, 2.75) is 36.8 Å². The summed E-state index contributed by atoms with van der Waals surface area (Å²) in [5, 5.41) is 3.23. The van der Waals surface area contributed by atoms with Crippen LogP contribution in [0.1, 0.15) is 45.9 Å². The third-order valence-electron chi connectivity index (χ3n) is 7.35. The number of hydrogen-bond donors (Lipinski definition) is 1. The molecule has 2 atom stereocenters. The molecule has 1 aliphatic heterocycles. The molecule has 0 bridgehead atoms. The smallest absolute Gasteiger partial charge is 0.335 e. The van der Waals surface area contributed by atoms with Crippen molar-refractivity contribution in [3.05, 3.63) is 106 Å². The van der Waals surface area contributed by atoms with Crippen molar-refractivity contribution >= 4 is 11.8 Å². The average molecular weight is 473 g/mol. The Hall–Kier alpha value is -3.71. The lowest BCUT2D eigenvalue weighted by atomic mass is 9.71. The van der Waals surface area contributed by atoms with E-state index in [1.54, 1.807) is 12.0 Å². The first-order chi connectivity index (χ1) is 17.0. The molecule has 1 aromatic heterocycles. The van der Waals surface area contributed by atoms with E-state index in [4.69, 9.17) is 9.15 Å². The van der Waals surface area contributed by atoms with E-state index in [2.05, 4.69) is 17.4 Å². The van der Waals surface area contributed by atoms with Crippen LogP contribution in [-0.2, 0) is 21.4 Å². The van der Waals surface area contributed by atoms with Gasteiger partial charge in [0, 0.05) is 31.7 Å². The lowest BCUT2D eigenvalue weighted by Crippen LogP contribution is -2.51. The summed E-state index contributed by atoms with van der Waals surface area (Å²) in [5.74, 6) is -0.204. The fourth-order valence-electron chi connectivity index (χ4n) is 5.70. The van der Waals surface area contributed by atoms with Crippen LogP contribution in [0.3, 0.4) is 0 Å². The van der Waals surface area contributed by atoms with Crippen LogP contribution in [0.2, 0.25) is 0 Å². The van der Waals surface area contributed by atoms with Crippen LogP contribution in [-0.4, -0.2) is 43.0 Å². The maximum Gasteiger partial charge on any atom is 0.335 e. The summed E-state index contributed by atoms with van der Waals surface area (Å²) in [6, 6.07) is 20.4. The van der Waals surface area contributed by atoms with E-state index in [1.807, 2.05) is 42.5 Å². The minimum Gasteiger partial charge on any atom is -0.430 e. The predicted molar refractivity (Wildman–Crippen MR) is 130 cm³/mol. The maximum absolute atomic E-state index is 13.0. The van der Waals surface area contributed by atoms with Gasteiger partial charge in [-0.3, -0.25) is 9.59 Å². The van der Waals surface area contributed by atoms with Gasteiger partial charge in [0.2, 0.25) is 5.91 Å². The van der Waals surface area contributed by atoms with Gasteiger partial charge >= 0.3 is 5.63 Å². The van der Waals surface area contributed by atoms with E-state index in [0.29, 0.717) is 37.9 Å². The highest BCUT2D eigenvalue weighted by Crippen LogP contribution is 2.52. The number of amides is 2. The zero-order valence-electron chi connectivity index (χ0n) is 19.6. The first-order valence-corrected chi connectivity index (χ1v) is 11.9. The third kappa shape index (κ3) is 4.28. The van der Waals surface area contributed by atoms with E-state index in [0.717, 1.165) is 11.1 Å². The molecule has 35 heavy (non-hydrogen) atoms. The van der Waals surface area contributed by atoms with Gasteiger partial charge in [0.1, 0.15) is 6.26 Å². The summed E-state index contributed by atoms with van der Waals surface area (Å²) in [7, 11) is 1.69. The number of nitrogens with zero attached hydrogens (tertiary/aromatic N) is 1. The summed E-state index contributed by atoms with van der Waals surface area (Å²) in [4.78, 5) is 39.0. The molecule has 1 spiro atoms. The molecule has 7 nitrogen and oxygen atoms in total. The van der Waals surface area contributed by atoms with Gasteiger partial charge in [-0.25, -0.2) is 4.79 Å². The zero-order valence-corrected chi connectivity index (χ0v) is 19.6. The second-order valence-electron chi connectivity index (χ2n) is 9.24. The van der Waals surface area contributed by atoms with Crippen molar-refractivity contribution in [1.29, 1.82) is 0 Å². The summed E-state index contributed by atoms with van der Waals surface area (Å²) >= 11 is 0. The Kier molecular flexibility index (Phi) is 6.26. The van der Waals surface area contributed by atoms with Crippen molar-refractivity contribution in [2.24, 2.45) is 0 Å². The highest BCUT2D eigenvalue weighted by Gasteiger charge is 2.54. The summed E-state index contributed by atoms with van der Waals surface area (Å²) in [6.07, 6.45) is 2.69. The number of fused-ring (bicyclic) bond motifs is 2. The maximum atomic E-state index is 13.0. The number of benzene rings is 2. The number of piperidine rings is 1. The molecule has 7 heteroatoms. The molecule has 1 aliphatic carbocycles. The van der Waals surface area contributed by atoms with Gasteiger partial charge in [-0.1, -0.05) is 54.6 Å². The fourth-order valence-corrected chi connectivity index (χ4v) is 5.70. The quantitative estimate of drug-likeness (QED) is 0.616. The standard InChI is InChI=1S/C28H28N2O5/c1-34-26-25(29-23(31)17-19-7-3-2-4-8-19)21-9-5-6-10-22(21)28(26)13-15-30(16-14-28)27(33)20-11-12-24(32)35-18-20/h2-12,18,25-26H,13-17H2,1H3,(H,29,31)/t25-,26+/m1/s1. The topological polar surface area (TPSA) is 88.9 Å². The summed E-state index contributed by atoms with van der Waals surface area (Å²) < 4.78 is 11.0. The lowest BCUT2D eigenvalue weighted by Gasteiger charge is -2.44. The monoisotopic (exact) mass is 472 g/mol. The molecule has 0 unspecified atom stereocenters. The van der Waals surface area contributed by atoms with Gasteiger partial charge in [-0.2, -0.15) is 0 Å².